The van der Waals surface area contributed by atoms with Crippen LogP contribution in [0.5, 0.6) is 5.75 Å². The lowest BCUT2D eigenvalue weighted by atomic mass is 9.92. The summed E-state index contributed by atoms with van der Waals surface area (Å²) >= 11 is 0. The van der Waals surface area contributed by atoms with Gasteiger partial charge in [-0.2, -0.15) is 0 Å². The predicted octanol–water partition coefficient (Wildman–Crippen LogP) is 1.56. The van der Waals surface area contributed by atoms with Gasteiger partial charge in [-0.3, -0.25) is 14.5 Å². The minimum Gasteiger partial charge on any atom is -0.489 e. The lowest BCUT2D eigenvalue weighted by Crippen LogP contribution is -2.43. The first kappa shape index (κ1) is 21.4. The van der Waals surface area contributed by atoms with Crippen molar-refractivity contribution in [2.24, 2.45) is 0 Å². The summed E-state index contributed by atoms with van der Waals surface area (Å²) in [4.78, 5) is 38.1. The molecule has 8 heteroatoms. The van der Waals surface area contributed by atoms with Gasteiger partial charge < -0.3 is 20.1 Å². The fourth-order valence-electron chi connectivity index (χ4n) is 2.77. The van der Waals surface area contributed by atoms with E-state index in [9.17, 15) is 14.4 Å². The predicted molar refractivity (Wildman–Crippen MR) is 104 cm³/mol. The summed E-state index contributed by atoms with van der Waals surface area (Å²) in [5.41, 5.74) is 0.266. The Kier molecular flexibility index (Phi) is 7.17. The third-order valence-electron chi connectivity index (χ3n) is 4.34. The van der Waals surface area contributed by atoms with Crippen LogP contribution in [0, 0.1) is 0 Å². The molecule has 1 aromatic rings. The Balaban J connectivity index is 2.02. The quantitative estimate of drug-likeness (QED) is 0.360. The van der Waals surface area contributed by atoms with Gasteiger partial charge in [0.2, 0.25) is 5.91 Å². The van der Waals surface area contributed by atoms with Gasteiger partial charge in [-0.05, 0) is 43.5 Å². The normalized spacial score (nSPS) is 18.8. The Morgan fingerprint density at radius 1 is 1.29 bits per heavy atom. The lowest BCUT2D eigenvalue weighted by Gasteiger charge is -2.22. The maximum absolute atomic E-state index is 12.8. The van der Waals surface area contributed by atoms with E-state index >= 15 is 0 Å². The Labute approximate surface area is 164 Å². The second-order valence-electron chi connectivity index (χ2n) is 6.91. The largest absolute Gasteiger partial charge is 0.489 e. The molecule has 0 saturated carbocycles. The molecule has 1 saturated heterocycles. The van der Waals surface area contributed by atoms with E-state index in [1.807, 2.05) is 6.92 Å². The average molecular weight is 389 g/mol. The summed E-state index contributed by atoms with van der Waals surface area (Å²) in [6.45, 7) is 8.28. The van der Waals surface area contributed by atoms with Crippen LogP contribution in [0.1, 0.15) is 25.8 Å². The summed E-state index contributed by atoms with van der Waals surface area (Å²) in [7, 11) is 1.58. The summed E-state index contributed by atoms with van der Waals surface area (Å²) in [5.74, 6) is -0.230. The van der Waals surface area contributed by atoms with Gasteiger partial charge in [0.05, 0.1) is 0 Å². The monoisotopic (exact) mass is 389 g/mol. The Morgan fingerprint density at radius 2 is 1.96 bits per heavy atom. The number of carbonyl (C=O) groups excluding carboxylic acids is 3. The topological polar surface area (TPSA) is 97.0 Å². The van der Waals surface area contributed by atoms with Crippen LogP contribution < -0.4 is 15.4 Å². The van der Waals surface area contributed by atoms with Crippen molar-refractivity contribution >= 4 is 17.8 Å². The molecule has 8 nitrogen and oxygen atoms in total. The number of hydrogen-bond donors (Lipinski definition) is 2. The molecule has 1 unspecified atom stereocenters. The molecule has 1 aliphatic heterocycles. The molecule has 1 fully saturated rings. The standard InChI is InChI=1S/C20H27N3O5/c1-14(2)13-28-16-8-6-15(7-9-16)20(3)18(25)23(19(26)22-20)12-17(24)21-10-5-11-27-4/h6-9H,1,5,10-13H2,2-4H3,(H,21,24)(H,22,26). The SMILES string of the molecule is C=C(C)COc1ccc(C2(C)NC(=O)N(CC(=O)NCCCOC)C2=O)cc1. The van der Waals surface area contributed by atoms with Gasteiger partial charge in [-0.1, -0.05) is 18.7 Å². The number of nitrogens with one attached hydrogen (secondary N) is 2. The second kappa shape index (κ2) is 9.36. The van der Waals surface area contributed by atoms with E-state index in [1.54, 1.807) is 38.3 Å². The molecule has 1 atom stereocenters. The zero-order chi connectivity index (χ0) is 20.7. The molecule has 2 rings (SSSR count). The van der Waals surface area contributed by atoms with Gasteiger partial charge in [-0.15, -0.1) is 0 Å². The Morgan fingerprint density at radius 3 is 2.57 bits per heavy atom. The third-order valence-corrected chi connectivity index (χ3v) is 4.34. The number of rotatable bonds is 10. The van der Waals surface area contributed by atoms with E-state index in [1.165, 1.54) is 0 Å². The molecule has 1 aromatic carbocycles. The minimum atomic E-state index is -1.24. The molecule has 4 amide bonds. The van der Waals surface area contributed by atoms with E-state index in [2.05, 4.69) is 17.2 Å². The molecule has 28 heavy (non-hydrogen) atoms. The molecule has 1 aliphatic rings. The number of imide groups is 1. The van der Waals surface area contributed by atoms with Crippen LogP contribution in [0.15, 0.2) is 36.4 Å². The molecular formula is C20H27N3O5. The molecule has 0 aromatic heterocycles. The van der Waals surface area contributed by atoms with Crippen molar-refractivity contribution in [1.82, 2.24) is 15.5 Å². The van der Waals surface area contributed by atoms with Crippen LogP contribution in [-0.4, -0.2) is 56.2 Å². The lowest BCUT2D eigenvalue weighted by molar-refractivity contribution is -0.134. The first-order chi connectivity index (χ1) is 13.3. The summed E-state index contributed by atoms with van der Waals surface area (Å²) in [6, 6.07) is 6.31. The highest BCUT2D eigenvalue weighted by Gasteiger charge is 2.49. The van der Waals surface area contributed by atoms with Gasteiger partial charge in [0, 0.05) is 20.3 Å². The fourth-order valence-corrected chi connectivity index (χ4v) is 2.77. The molecule has 0 bridgehead atoms. The van der Waals surface area contributed by atoms with Crippen LogP contribution in [0.4, 0.5) is 4.79 Å². The van der Waals surface area contributed by atoms with Crippen molar-refractivity contribution in [2.75, 3.05) is 33.4 Å². The molecular weight excluding hydrogens is 362 g/mol. The van der Waals surface area contributed by atoms with Crippen molar-refractivity contribution in [2.45, 2.75) is 25.8 Å². The number of ether oxygens (including phenoxy) is 2. The number of methoxy groups -OCH3 is 1. The van der Waals surface area contributed by atoms with E-state index in [4.69, 9.17) is 9.47 Å². The highest BCUT2D eigenvalue weighted by Crippen LogP contribution is 2.30. The van der Waals surface area contributed by atoms with Crippen molar-refractivity contribution in [3.05, 3.63) is 42.0 Å². The van der Waals surface area contributed by atoms with E-state index in [-0.39, 0.29) is 6.54 Å². The first-order valence-electron chi connectivity index (χ1n) is 9.05. The van der Waals surface area contributed by atoms with Crippen molar-refractivity contribution in [1.29, 1.82) is 0 Å². The van der Waals surface area contributed by atoms with Gasteiger partial charge in [0.25, 0.3) is 5.91 Å². The molecule has 0 radical (unpaired) electrons. The van der Waals surface area contributed by atoms with E-state index in [0.717, 1.165) is 10.5 Å². The van der Waals surface area contributed by atoms with Crippen molar-refractivity contribution < 1.29 is 23.9 Å². The Hall–Kier alpha value is -2.87. The maximum Gasteiger partial charge on any atom is 0.325 e. The van der Waals surface area contributed by atoms with Gasteiger partial charge in [0.15, 0.2) is 0 Å². The van der Waals surface area contributed by atoms with Crippen LogP contribution in [0.2, 0.25) is 0 Å². The van der Waals surface area contributed by atoms with Crippen molar-refractivity contribution in [3.63, 3.8) is 0 Å². The molecule has 1 heterocycles. The molecule has 152 valence electrons. The zero-order valence-electron chi connectivity index (χ0n) is 16.5. The van der Waals surface area contributed by atoms with Crippen LogP contribution in [0.3, 0.4) is 0 Å². The van der Waals surface area contributed by atoms with Crippen LogP contribution in [0.25, 0.3) is 0 Å². The van der Waals surface area contributed by atoms with Crippen LogP contribution >= 0.6 is 0 Å². The number of benzene rings is 1. The molecule has 0 aliphatic carbocycles. The van der Waals surface area contributed by atoms with E-state index in [0.29, 0.717) is 37.5 Å². The number of carbonyl (C=O) groups is 3. The Bertz CT molecular complexity index is 747. The van der Waals surface area contributed by atoms with Gasteiger partial charge in [0.1, 0.15) is 24.4 Å². The highest BCUT2D eigenvalue weighted by atomic mass is 16.5. The van der Waals surface area contributed by atoms with Crippen LogP contribution in [-0.2, 0) is 19.9 Å². The van der Waals surface area contributed by atoms with Gasteiger partial charge in [-0.25, -0.2) is 4.79 Å². The van der Waals surface area contributed by atoms with Gasteiger partial charge >= 0.3 is 6.03 Å². The minimum absolute atomic E-state index is 0.326. The zero-order valence-corrected chi connectivity index (χ0v) is 16.5. The van der Waals surface area contributed by atoms with E-state index < -0.39 is 23.4 Å². The number of hydrogen-bond acceptors (Lipinski definition) is 5. The summed E-state index contributed by atoms with van der Waals surface area (Å²) < 4.78 is 10.5. The highest BCUT2D eigenvalue weighted by molar-refractivity contribution is 6.09. The number of nitrogens with zero attached hydrogens (tertiary/aromatic N) is 1. The number of urea groups is 1. The second-order valence-corrected chi connectivity index (χ2v) is 6.91. The first-order valence-corrected chi connectivity index (χ1v) is 9.05. The molecule has 0 spiro atoms. The summed E-state index contributed by atoms with van der Waals surface area (Å²) in [6.07, 6.45) is 0.653. The molecule has 2 N–H and O–H groups in total. The number of amides is 4. The smallest absolute Gasteiger partial charge is 0.325 e. The summed E-state index contributed by atoms with van der Waals surface area (Å²) in [5, 5.41) is 5.35. The van der Waals surface area contributed by atoms with Crippen molar-refractivity contribution in [3.8, 4) is 5.75 Å². The average Bonchev–Trinajstić information content (AvgIpc) is 2.88. The third kappa shape index (κ3) is 5.10. The fraction of sp³-hybridized carbons (Fsp3) is 0.450. The maximum atomic E-state index is 12.8.